The van der Waals surface area contributed by atoms with Gasteiger partial charge in [0.05, 0.1) is 41.1 Å². The third-order valence-corrected chi connectivity index (χ3v) is 12.4. The highest BCUT2D eigenvalue weighted by Crippen LogP contribution is 2.68. The largest absolute Gasteiger partial charge is 0.493 e. The predicted molar refractivity (Wildman–Crippen MR) is 160 cm³/mol. The number of halogens is 2. The minimum Gasteiger partial charge on any atom is -0.493 e. The number of carbonyl (C=O) groups excluding carboxylic acids is 3. The van der Waals surface area contributed by atoms with E-state index in [1.807, 2.05) is 18.2 Å². The molecule has 1 saturated heterocycles. The van der Waals surface area contributed by atoms with E-state index in [4.69, 9.17) is 32.7 Å². The lowest BCUT2D eigenvalue weighted by molar-refractivity contribution is -0.143. The monoisotopic (exact) mass is 645 g/mol. The number of rotatable bonds is 6. The Bertz CT molecular complexity index is 1710. The maximum Gasteiger partial charge on any atom is 0.305 e. The summed E-state index contributed by atoms with van der Waals surface area (Å²) in [7, 11) is 3.16. The molecule has 2 N–H and O–H groups in total. The fourth-order valence-corrected chi connectivity index (χ4v) is 10.8. The molecule has 1 aromatic heterocycles. The van der Waals surface area contributed by atoms with Crippen molar-refractivity contribution in [3.05, 3.63) is 66.6 Å². The summed E-state index contributed by atoms with van der Waals surface area (Å²) in [4.78, 5) is 57.9. The van der Waals surface area contributed by atoms with Crippen LogP contribution in [0.2, 0.25) is 10.0 Å². The van der Waals surface area contributed by atoms with Gasteiger partial charge in [0, 0.05) is 21.7 Å². The van der Waals surface area contributed by atoms with E-state index >= 15 is 0 Å². The van der Waals surface area contributed by atoms with Crippen molar-refractivity contribution in [1.82, 2.24) is 9.88 Å². The lowest BCUT2D eigenvalue weighted by Gasteiger charge is -2.43. The number of nitrogens with one attached hydrogen (secondary N) is 2. The molecule has 9 nitrogen and oxygen atoms in total. The number of carbonyl (C=O) groups is 3. The topological polar surface area (TPSA) is 118 Å². The number of imide groups is 1. The molecule has 7 atom stereocenters. The van der Waals surface area contributed by atoms with E-state index in [9.17, 15) is 19.2 Å². The predicted octanol–water partition coefficient (Wildman–Crippen LogP) is 4.87. The number of amides is 3. The van der Waals surface area contributed by atoms with E-state index in [2.05, 4.69) is 10.3 Å². The van der Waals surface area contributed by atoms with Crippen molar-refractivity contribution in [2.45, 2.75) is 22.6 Å². The van der Waals surface area contributed by atoms with Gasteiger partial charge in [-0.15, -0.1) is 11.8 Å². The van der Waals surface area contributed by atoms with E-state index in [1.54, 1.807) is 38.1 Å². The maximum absolute atomic E-state index is 13.8. The number of hydrogen-bond acceptors (Lipinski definition) is 8. The van der Waals surface area contributed by atoms with Crippen molar-refractivity contribution in [2.24, 2.45) is 29.6 Å². The van der Waals surface area contributed by atoms with Gasteiger partial charge in [0.1, 0.15) is 6.54 Å². The van der Waals surface area contributed by atoms with E-state index in [0.717, 1.165) is 26.8 Å². The van der Waals surface area contributed by atoms with Crippen LogP contribution in [0.25, 0.3) is 0 Å². The highest BCUT2D eigenvalue weighted by atomic mass is 35.5. The molecule has 3 aromatic rings. The van der Waals surface area contributed by atoms with Crippen LogP contribution < -0.4 is 19.7 Å². The second-order valence-electron chi connectivity index (χ2n) is 11.0. The summed E-state index contributed by atoms with van der Waals surface area (Å²) in [6.45, 7) is -0.368. The first-order valence-corrected chi connectivity index (χ1v) is 15.9. The molecule has 218 valence electrons. The number of fused-ring (bicyclic) bond motifs is 9. The number of methoxy groups -OCH3 is 2. The van der Waals surface area contributed by atoms with E-state index in [-0.39, 0.29) is 57.2 Å². The smallest absolute Gasteiger partial charge is 0.305 e. The lowest BCUT2D eigenvalue weighted by Crippen LogP contribution is -2.42. The van der Waals surface area contributed by atoms with Crippen molar-refractivity contribution in [1.29, 1.82) is 0 Å². The third kappa shape index (κ3) is 4.19. The summed E-state index contributed by atoms with van der Waals surface area (Å²) in [5.74, 6) is -1.12. The third-order valence-electron chi connectivity index (χ3n) is 9.09. The molecule has 2 aliphatic heterocycles. The molecule has 6 unspecified atom stereocenters. The van der Waals surface area contributed by atoms with Crippen molar-refractivity contribution in [3.8, 4) is 11.5 Å². The van der Waals surface area contributed by atoms with Gasteiger partial charge < -0.3 is 19.8 Å². The Hall–Kier alpha value is -2.99. The molecule has 3 amide bonds. The van der Waals surface area contributed by atoms with Gasteiger partial charge in [-0.1, -0.05) is 40.6 Å². The minimum absolute atomic E-state index is 0.0278. The zero-order valence-corrected chi connectivity index (χ0v) is 25.5. The minimum atomic E-state index is -0.498. The molecule has 2 saturated carbocycles. The number of aromatic amines is 1. The van der Waals surface area contributed by atoms with Crippen LogP contribution in [0.1, 0.15) is 22.8 Å². The van der Waals surface area contributed by atoms with Crippen LogP contribution >= 0.6 is 46.3 Å². The zero-order valence-electron chi connectivity index (χ0n) is 22.4. The second kappa shape index (κ2) is 10.3. The number of hydrogen-bond donors (Lipinski definition) is 2. The van der Waals surface area contributed by atoms with Gasteiger partial charge in [0.2, 0.25) is 17.7 Å². The van der Waals surface area contributed by atoms with Crippen molar-refractivity contribution >= 4 is 69.7 Å². The Morgan fingerprint density at radius 2 is 1.74 bits per heavy atom. The van der Waals surface area contributed by atoms with E-state index in [1.165, 1.54) is 17.4 Å². The Kier molecular flexibility index (Phi) is 6.84. The average molecular weight is 647 g/mol. The summed E-state index contributed by atoms with van der Waals surface area (Å²) >= 11 is 14.8. The van der Waals surface area contributed by atoms with Gasteiger partial charge in [0.25, 0.3) is 0 Å². The Morgan fingerprint density at radius 3 is 2.45 bits per heavy atom. The number of H-pyrrole nitrogens is 1. The highest BCUT2D eigenvalue weighted by Gasteiger charge is 2.69. The van der Waals surface area contributed by atoms with E-state index < -0.39 is 17.7 Å². The van der Waals surface area contributed by atoms with Crippen LogP contribution in [0.3, 0.4) is 0 Å². The quantitative estimate of drug-likeness (QED) is 0.367. The number of likely N-dealkylation sites (tertiary alicyclic amines) is 1. The number of nitrogens with zero attached hydrogens (tertiary/aromatic N) is 1. The molecule has 2 aliphatic carbocycles. The maximum atomic E-state index is 13.8. The van der Waals surface area contributed by atoms with Gasteiger partial charge in [-0.2, -0.15) is 0 Å². The van der Waals surface area contributed by atoms with Crippen LogP contribution in [0.15, 0.2) is 46.2 Å². The number of anilines is 1. The molecular weight excluding hydrogens is 621 g/mol. The molecule has 42 heavy (non-hydrogen) atoms. The first-order chi connectivity index (χ1) is 20.2. The molecular formula is C29H25Cl2N3O6S2. The van der Waals surface area contributed by atoms with Crippen molar-refractivity contribution < 1.29 is 23.9 Å². The summed E-state index contributed by atoms with van der Waals surface area (Å²) in [5, 5.41) is 4.21. The van der Waals surface area contributed by atoms with Gasteiger partial charge >= 0.3 is 4.87 Å². The average Bonchev–Trinajstić information content (AvgIpc) is 3.70. The molecule has 0 radical (unpaired) electrons. The first-order valence-electron chi connectivity index (χ1n) is 13.4. The van der Waals surface area contributed by atoms with Crippen LogP contribution in [-0.4, -0.2) is 53.6 Å². The second-order valence-corrected chi connectivity index (χ2v) is 14.0. The van der Waals surface area contributed by atoms with Crippen LogP contribution in [0.4, 0.5) is 5.69 Å². The van der Waals surface area contributed by atoms with Crippen LogP contribution in [0, 0.1) is 29.6 Å². The zero-order chi connectivity index (χ0) is 29.4. The molecule has 2 bridgehead atoms. The molecule has 3 fully saturated rings. The standard InChI is InChI=1S/C29H25Cl2N3O6S2/c1-39-17-6-3-11(7-18(17)40-2)20-21-13-9-14(24(21)41-26-25(20)42-29(38)33-26)23-22(13)27(36)34(28(23)37)10-19(35)32-12-4-5-15(30)16(31)8-12/h3-8,13-14,20-24H,9-10H2,1-2H3,(H,32,35)(H,33,38)/t13?,14?,20-,21?,22?,23?,24?/m1/s1. The number of aromatic nitrogens is 1. The Labute approximate surface area is 258 Å². The van der Waals surface area contributed by atoms with E-state index in [0.29, 0.717) is 22.2 Å². The summed E-state index contributed by atoms with van der Waals surface area (Å²) in [6.07, 6.45) is 0.751. The number of thiazole rings is 1. The Balaban J connectivity index is 1.19. The summed E-state index contributed by atoms with van der Waals surface area (Å²) in [5.41, 5.74) is 1.40. The van der Waals surface area contributed by atoms with Crippen LogP contribution in [-0.2, 0) is 14.4 Å². The first kappa shape index (κ1) is 27.8. The van der Waals surface area contributed by atoms with Crippen LogP contribution in [0.5, 0.6) is 11.5 Å². The van der Waals surface area contributed by atoms with Gasteiger partial charge in [-0.05, 0) is 60.1 Å². The molecule has 4 aliphatic rings. The number of benzene rings is 2. The fourth-order valence-electron chi connectivity index (χ4n) is 7.57. The van der Waals surface area contributed by atoms with Gasteiger partial charge in [-0.3, -0.25) is 24.1 Å². The Morgan fingerprint density at radius 1 is 1.00 bits per heavy atom. The van der Waals surface area contributed by atoms with Crippen molar-refractivity contribution in [3.63, 3.8) is 0 Å². The fraction of sp³-hybridized carbons (Fsp3) is 0.379. The summed E-state index contributed by atoms with van der Waals surface area (Å²) in [6, 6.07) is 10.5. The molecule has 7 rings (SSSR count). The number of ether oxygens (including phenoxy) is 2. The number of thioether (sulfide) groups is 1. The lowest BCUT2D eigenvalue weighted by atomic mass is 9.68. The molecule has 0 spiro atoms. The normalized spacial score (nSPS) is 28.9. The van der Waals surface area contributed by atoms with Gasteiger partial charge in [-0.25, -0.2) is 0 Å². The SMILES string of the molecule is COc1ccc([C@H]2c3sc(=O)[nH]c3SC3C4CC(C5C(=O)N(CC(=O)Nc6ccc(Cl)c(Cl)c6)C(=O)C45)C32)cc1OC. The molecule has 13 heteroatoms. The summed E-state index contributed by atoms with van der Waals surface area (Å²) < 4.78 is 11.0. The molecule has 3 heterocycles. The highest BCUT2D eigenvalue weighted by molar-refractivity contribution is 8.00. The van der Waals surface area contributed by atoms with Crippen molar-refractivity contribution in [2.75, 3.05) is 26.1 Å². The molecule has 2 aromatic carbocycles. The van der Waals surface area contributed by atoms with Gasteiger partial charge in [0.15, 0.2) is 11.5 Å².